The number of nitrogens with zero attached hydrogens (tertiary/aromatic N) is 1. The van der Waals surface area contributed by atoms with Gasteiger partial charge in [-0.05, 0) is 43.1 Å². The van der Waals surface area contributed by atoms with E-state index in [9.17, 15) is 0 Å². The van der Waals surface area contributed by atoms with Crippen molar-refractivity contribution in [3.63, 3.8) is 0 Å². The predicted molar refractivity (Wildman–Crippen MR) is 59.8 cm³/mol. The predicted octanol–water partition coefficient (Wildman–Crippen LogP) is 3.75. The molecule has 0 unspecified atom stereocenters. The number of oxime groups is 1. The Kier molecular flexibility index (Phi) is 3.73. The SMILES string of the molecule is CC(C)(C)CCC1=C(/C=N/O)CCC1. The molecule has 2 nitrogen and oxygen atoms in total. The van der Waals surface area contributed by atoms with E-state index >= 15 is 0 Å². The van der Waals surface area contributed by atoms with Crippen molar-refractivity contribution in [2.45, 2.75) is 52.9 Å². The van der Waals surface area contributed by atoms with Crippen molar-refractivity contribution in [1.29, 1.82) is 0 Å². The molecule has 1 aliphatic rings. The second-order valence-corrected chi connectivity index (χ2v) is 5.29. The van der Waals surface area contributed by atoms with Crippen LogP contribution in [0.5, 0.6) is 0 Å². The van der Waals surface area contributed by atoms with Crippen molar-refractivity contribution in [1.82, 2.24) is 0 Å². The molecule has 0 aromatic carbocycles. The first-order chi connectivity index (χ1) is 6.53. The molecular weight excluding hydrogens is 174 g/mol. The van der Waals surface area contributed by atoms with E-state index in [-0.39, 0.29) is 0 Å². The van der Waals surface area contributed by atoms with Crippen molar-refractivity contribution in [2.24, 2.45) is 10.6 Å². The lowest BCUT2D eigenvalue weighted by atomic mass is 9.88. The van der Waals surface area contributed by atoms with E-state index in [0.717, 1.165) is 12.8 Å². The Labute approximate surface area is 86.7 Å². The van der Waals surface area contributed by atoms with E-state index in [2.05, 4.69) is 25.9 Å². The monoisotopic (exact) mass is 195 g/mol. The quantitative estimate of drug-likeness (QED) is 0.415. The number of hydrogen-bond donors (Lipinski definition) is 1. The van der Waals surface area contributed by atoms with Gasteiger partial charge in [-0.1, -0.05) is 31.5 Å². The van der Waals surface area contributed by atoms with E-state index in [1.165, 1.54) is 30.4 Å². The fourth-order valence-corrected chi connectivity index (χ4v) is 1.87. The highest BCUT2D eigenvalue weighted by molar-refractivity contribution is 5.79. The molecule has 0 atom stereocenters. The minimum atomic E-state index is 0.400. The molecule has 0 amide bonds. The molecule has 80 valence electrons. The van der Waals surface area contributed by atoms with Crippen LogP contribution < -0.4 is 0 Å². The lowest BCUT2D eigenvalue weighted by Crippen LogP contribution is -2.05. The Balaban J connectivity index is 2.54. The number of hydrogen-bond acceptors (Lipinski definition) is 2. The molecule has 0 saturated heterocycles. The summed E-state index contributed by atoms with van der Waals surface area (Å²) in [5.74, 6) is 0. The maximum Gasteiger partial charge on any atom is 0.0693 e. The first-order valence-electron chi connectivity index (χ1n) is 5.41. The molecule has 0 aliphatic heterocycles. The molecule has 0 heterocycles. The van der Waals surface area contributed by atoms with Crippen LogP contribution in [0.1, 0.15) is 52.9 Å². The van der Waals surface area contributed by atoms with Gasteiger partial charge in [-0.25, -0.2) is 0 Å². The highest BCUT2D eigenvalue weighted by Crippen LogP contribution is 2.32. The lowest BCUT2D eigenvalue weighted by Gasteiger charge is -2.18. The number of rotatable bonds is 3. The van der Waals surface area contributed by atoms with E-state index in [1.807, 2.05) is 0 Å². The molecule has 0 spiro atoms. The van der Waals surface area contributed by atoms with Crippen molar-refractivity contribution in [2.75, 3.05) is 0 Å². The van der Waals surface area contributed by atoms with Crippen LogP contribution in [0.25, 0.3) is 0 Å². The number of allylic oxidation sites excluding steroid dienone is 2. The van der Waals surface area contributed by atoms with Crippen LogP contribution in [-0.4, -0.2) is 11.4 Å². The average Bonchev–Trinajstić information content (AvgIpc) is 2.48. The summed E-state index contributed by atoms with van der Waals surface area (Å²) in [6.07, 6.45) is 7.49. The molecule has 0 aromatic heterocycles. The zero-order chi connectivity index (χ0) is 10.6. The zero-order valence-corrected chi connectivity index (χ0v) is 9.51. The fourth-order valence-electron chi connectivity index (χ4n) is 1.87. The van der Waals surface area contributed by atoms with Gasteiger partial charge in [0.05, 0.1) is 6.21 Å². The van der Waals surface area contributed by atoms with E-state index in [4.69, 9.17) is 5.21 Å². The summed E-state index contributed by atoms with van der Waals surface area (Å²) in [6, 6.07) is 0. The maximum atomic E-state index is 8.51. The molecule has 0 radical (unpaired) electrons. The Hall–Kier alpha value is -0.790. The van der Waals surface area contributed by atoms with Crippen LogP contribution in [-0.2, 0) is 0 Å². The molecule has 1 aliphatic carbocycles. The lowest BCUT2D eigenvalue weighted by molar-refractivity contribution is 0.321. The van der Waals surface area contributed by atoms with Crippen LogP contribution in [0, 0.1) is 5.41 Å². The molecule has 0 bridgehead atoms. The average molecular weight is 195 g/mol. The molecule has 2 heteroatoms. The normalized spacial score (nSPS) is 18.5. The van der Waals surface area contributed by atoms with Crippen LogP contribution in [0.2, 0.25) is 0 Å². The highest BCUT2D eigenvalue weighted by Gasteiger charge is 2.16. The summed E-state index contributed by atoms with van der Waals surface area (Å²) >= 11 is 0. The topological polar surface area (TPSA) is 32.6 Å². The summed E-state index contributed by atoms with van der Waals surface area (Å²) in [6.45, 7) is 6.80. The third kappa shape index (κ3) is 3.52. The minimum absolute atomic E-state index is 0.400. The third-order valence-corrected chi connectivity index (χ3v) is 2.77. The van der Waals surface area contributed by atoms with Gasteiger partial charge in [0.2, 0.25) is 0 Å². The Morgan fingerprint density at radius 1 is 1.36 bits per heavy atom. The van der Waals surface area contributed by atoms with Gasteiger partial charge >= 0.3 is 0 Å². The van der Waals surface area contributed by atoms with Gasteiger partial charge in [-0.2, -0.15) is 0 Å². The van der Waals surface area contributed by atoms with Crippen LogP contribution in [0.4, 0.5) is 0 Å². The van der Waals surface area contributed by atoms with Crippen LogP contribution >= 0.6 is 0 Å². The largest absolute Gasteiger partial charge is 0.411 e. The van der Waals surface area contributed by atoms with Crippen molar-refractivity contribution < 1.29 is 5.21 Å². The zero-order valence-electron chi connectivity index (χ0n) is 9.51. The van der Waals surface area contributed by atoms with E-state index < -0.39 is 0 Å². The molecule has 0 saturated carbocycles. The molecule has 0 fully saturated rings. The second kappa shape index (κ2) is 4.63. The van der Waals surface area contributed by atoms with Gasteiger partial charge in [-0.3, -0.25) is 0 Å². The van der Waals surface area contributed by atoms with E-state index in [0.29, 0.717) is 5.41 Å². The van der Waals surface area contributed by atoms with Crippen molar-refractivity contribution in [3.8, 4) is 0 Å². The summed E-state index contributed by atoms with van der Waals surface area (Å²) in [4.78, 5) is 0. The minimum Gasteiger partial charge on any atom is -0.411 e. The molecule has 14 heavy (non-hydrogen) atoms. The Morgan fingerprint density at radius 2 is 2.07 bits per heavy atom. The standard InChI is InChI=1S/C12H21NO/c1-12(2,3)8-7-10-5-4-6-11(10)9-13-14/h9,14H,4-8H2,1-3H3/b13-9+. The summed E-state index contributed by atoms with van der Waals surface area (Å²) in [5.41, 5.74) is 3.16. The Morgan fingerprint density at radius 3 is 2.64 bits per heavy atom. The van der Waals surface area contributed by atoms with Gasteiger partial charge in [-0.15, -0.1) is 0 Å². The summed E-state index contributed by atoms with van der Waals surface area (Å²) in [5, 5.41) is 11.6. The van der Waals surface area contributed by atoms with Gasteiger partial charge in [0, 0.05) is 0 Å². The van der Waals surface area contributed by atoms with Gasteiger partial charge in [0.15, 0.2) is 0 Å². The highest BCUT2D eigenvalue weighted by atomic mass is 16.4. The van der Waals surface area contributed by atoms with Gasteiger partial charge in [0.1, 0.15) is 0 Å². The smallest absolute Gasteiger partial charge is 0.0693 e. The first-order valence-corrected chi connectivity index (χ1v) is 5.41. The fraction of sp³-hybridized carbons (Fsp3) is 0.750. The second-order valence-electron chi connectivity index (χ2n) is 5.29. The first kappa shape index (κ1) is 11.3. The molecular formula is C12H21NO. The van der Waals surface area contributed by atoms with Gasteiger partial charge in [0.25, 0.3) is 0 Å². The molecule has 1 N–H and O–H groups in total. The maximum absolute atomic E-state index is 8.51. The van der Waals surface area contributed by atoms with Gasteiger partial charge < -0.3 is 5.21 Å². The molecule has 0 aromatic rings. The third-order valence-electron chi connectivity index (χ3n) is 2.77. The van der Waals surface area contributed by atoms with Crippen molar-refractivity contribution in [3.05, 3.63) is 11.1 Å². The summed E-state index contributed by atoms with van der Waals surface area (Å²) in [7, 11) is 0. The Bertz CT molecular complexity index is 246. The van der Waals surface area contributed by atoms with Crippen LogP contribution in [0.15, 0.2) is 16.3 Å². The van der Waals surface area contributed by atoms with Crippen molar-refractivity contribution >= 4 is 6.21 Å². The molecule has 1 rings (SSSR count). The summed E-state index contributed by atoms with van der Waals surface area (Å²) < 4.78 is 0. The van der Waals surface area contributed by atoms with E-state index in [1.54, 1.807) is 6.21 Å². The van der Waals surface area contributed by atoms with Crippen LogP contribution in [0.3, 0.4) is 0 Å².